The number of hydrogen-bond donors (Lipinski definition) is 4. The first-order valence-corrected chi connectivity index (χ1v) is 10.1. The number of hydrazine groups is 1. The van der Waals surface area contributed by atoms with Crippen molar-refractivity contribution >= 4 is 5.91 Å². The molecule has 142 valence electrons. The zero-order chi connectivity index (χ0) is 17.4. The maximum absolute atomic E-state index is 12.8. The number of carbonyl (C=O) groups is 1. The highest BCUT2D eigenvalue weighted by molar-refractivity contribution is 5.79. The Morgan fingerprint density at radius 1 is 1.20 bits per heavy atom. The minimum atomic E-state index is 0.141. The molecular formula is C18H33N5O2. The second kappa shape index (κ2) is 7.48. The topological polar surface area (TPSA) is 77.7 Å². The molecule has 0 spiro atoms. The van der Waals surface area contributed by atoms with Gasteiger partial charge in [-0.25, -0.2) is 5.01 Å². The van der Waals surface area contributed by atoms with Crippen molar-refractivity contribution in [3.8, 4) is 0 Å². The van der Waals surface area contributed by atoms with E-state index in [0.29, 0.717) is 17.8 Å². The standard InChI is InChI=1S/C18H33N5O2/c1-3-16-21-17(22-25-16)12-5-6-13-11(10-12)4-7-14(13)18(24)20-15-8-9-19-23(15)2/h11-17,19,21-22H,3-10H2,1-2H3,(H,20,24)/t11?,12?,13?,14-,15?,16?,17?/m0/s1. The van der Waals surface area contributed by atoms with Gasteiger partial charge in [-0.3, -0.25) is 20.4 Å². The summed E-state index contributed by atoms with van der Waals surface area (Å²) in [5, 5.41) is 8.85. The van der Waals surface area contributed by atoms with Gasteiger partial charge in [0.1, 0.15) is 6.23 Å². The zero-order valence-electron chi connectivity index (χ0n) is 15.5. The Labute approximate surface area is 150 Å². The van der Waals surface area contributed by atoms with Gasteiger partial charge in [-0.15, -0.1) is 0 Å². The lowest BCUT2D eigenvalue weighted by atomic mass is 9.72. The molecule has 2 aliphatic carbocycles. The number of hydrogen-bond acceptors (Lipinski definition) is 6. The first-order valence-electron chi connectivity index (χ1n) is 10.1. The maximum Gasteiger partial charge on any atom is 0.224 e. The first-order chi connectivity index (χ1) is 12.2. The number of nitrogens with zero attached hydrogens (tertiary/aromatic N) is 1. The lowest BCUT2D eigenvalue weighted by Gasteiger charge is -2.36. The molecule has 0 aromatic rings. The Morgan fingerprint density at radius 2 is 2.04 bits per heavy atom. The number of amides is 1. The van der Waals surface area contributed by atoms with Crippen molar-refractivity contribution in [2.24, 2.45) is 23.7 Å². The van der Waals surface area contributed by atoms with E-state index >= 15 is 0 Å². The number of nitrogens with one attached hydrogen (secondary N) is 4. The molecule has 0 bridgehead atoms. The molecule has 0 aromatic heterocycles. The van der Waals surface area contributed by atoms with Crippen LogP contribution in [0.1, 0.15) is 51.9 Å². The van der Waals surface area contributed by atoms with E-state index in [4.69, 9.17) is 4.84 Å². The molecule has 2 saturated carbocycles. The van der Waals surface area contributed by atoms with Crippen LogP contribution in [-0.2, 0) is 9.63 Å². The minimum absolute atomic E-state index is 0.141. The minimum Gasteiger partial charge on any atom is -0.339 e. The number of fused-ring (bicyclic) bond motifs is 1. The fourth-order valence-corrected chi connectivity index (χ4v) is 5.40. The van der Waals surface area contributed by atoms with Crippen molar-refractivity contribution in [2.45, 2.75) is 70.4 Å². The van der Waals surface area contributed by atoms with Crippen LogP contribution in [0.4, 0.5) is 0 Å². The summed E-state index contributed by atoms with van der Waals surface area (Å²) < 4.78 is 0. The molecule has 6 unspecified atom stereocenters. The van der Waals surface area contributed by atoms with Crippen molar-refractivity contribution in [3.05, 3.63) is 0 Å². The molecule has 7 atom stereocenters. The predicted molar refractivity (Wildman–Crippen MR) is 94.6 cm³/mol. The van der Waals surface area contributed by atoms with Crippen LogP contribution >= 0.6 is 0 Å². The van der Waals surface area contributed by atoms with E-state index in [1.54, 1.807) is 0 Å². The van der Waals surface area contributed by atoms with E-state index in [1.807, 2.05) is 12.1 Å². The molecular weight excluding hydrogens is 318 g/mol. The number of rotatable bonds is 4. The van der Waals surface area contributed by atoms with Crippen LogP contribution < -0.4 is 21.5 Å². The van der Waals surface area contributed by atoms with Gasteiger partial charge in [0.15, 0.2) is 0 Å². The molecule has 1 amide bonds. The Kier molecular flexibility index (Phi) is 5.29. The van der Waals surface area contributed by atoms with Crippen molar-refractivity contribution < 1.29 is 9.63 Å². The summed E-state index contributed by atoms with van der Waals surface area (Å²) in [6.45, 7) is 3.08. The van der Waals surface area contributed by atoms with Gasteiger partial charge >= 0.3 is 0 Å². The van der Waals surface area contributed by atoms with E-state index in [9.17, 15) is 4.79 Å². The largest absolute Gasteiger partial charge is 0.339 e. The Bertz CT molecular complexity index is 490. The van der Waals surface area contributed by atoms with Crippen molar-refractivity contribution in [2.75, 3.05) is 13.6 Å². The highest BCUT2D eigenvalue weighted by Crippen LogP contribution is 2.48. The monoisotopic (exact) mass is 351 g/mol. The lowest BCUT2D eigenvalue weighted by Crippen LogP contribution is -2.48. The van der Waals surface area contributed by atoms with Crippen LogP contribution in [0.3, 0.4) is 0 Å². The van der Waals surface area contributed by atoms with Gasteiger partial charge < -0.3 is 5.32 Å². The average molecular weight is 351 g/mol. The molecule has 0 radical (unpaired) electrons. The first kappa shape index (κ1) is 17.7. The molecule has 0 aromatic carbocycles. The van der Waals surface area contributed by atoms with E-state index in [-0.39, 0.29) is 30.4 Å². The van der Waals surface area contributed by atoms with Crippen molar-refractivity contribution in [3.63, 3.8) is 0 Å². The van der Waals surface area contributed by atoms with Crippen LogP contribution in [-0.4, -0.2) is 43.1 Å². The van der Waals surface area contributed by atoms with Gasteiger partial charge in [-0.1, -0.05) is 6.92 Å². The third-order valence-electron chi connectivity index (χ3n) is 6.88. The third-order valence-corrected chi connectivity index (χ3v) is 6.88. The highest BCUT2D eigenvalue weighted by atomic mass is 16.7. The van der Waals surface area contributed by atoms with Gasteiger partial charge in [-0.2, -0.15) is 5.48 Å². The SMILES string of the molecule is CCC1NC(C2CCC3C(CC[C@@H]3C(=O)NC3CCNN3C)C2)NO1. The number of hydroxylamine groups is 1. The van der Waals surface area contributed by atoms with E-state index in [2.05, 4.69) is 28.5 Å². The molecule has 4 fully saturated rings. The summed E-state index contributed by atoms with van der Waals surface area (Å²) in [6, 6.07) is 0. The zero-order valence-corrected chi connectivity index (χ0v) is 15.5. The summed E-state index contributed by atoms with van der Waals surface area (Å²) in [5.74, 6) is 2.37. The molecule has 2 aliphatic heterocycles. The molecule has 2 heterocycles. The summed E-state index contributed by atoms with van der Waals surface area (Å²) >= 11 is 0. The van der Waals surface area contributed by atoms with Crippen LogP contribution in [0, 0.1) is 23.7 Å². The van der Waals surface area contributed by atoms with Crippen LogP contribution in [0.2, 0.25) is 0 Å². The van der Waals surface area contributed by atoms with Crippen molar-refractivity contribution in [1.29, 1.82) is 0 Å². The number of carbonyl (C=O) groups excluding carboxylic acids is 1. The van der Waals surface area contributed by atoms with E-state index in [1.165, 1.54) is 25.7 Å². The average Bonchev–Trinajstić information content (AvgIpc) is 3.34. The quantitative estimate of drug-likeness (QED) is 0.603. The summed E-state index contributed by atoms with van der Waals surface area (Å²) in [5.41, 5.74) is 6.45. The van der Waals surface area contributed by atoms with Gasteiger partial charge in [-0.05, 0) is 62.7 Å². The van der Waals surface area contributed by atoms with Gasteiger partial charge in [0, 0.05) is 19.5 Å². The van der Waals surface area contributed by atoms with Gasteiger partial charge in [0.05, 0.1) is 12.3 Å². The molecule has 4 rings (SSSR count). The Balaban J connectivity index is 1.30. The van der Waals surface area contributed by atoms with Crippen molar-refractivity contribution in [1.82, 2.24) is 26.5 Å². The van der Waals surface area contributed by atoms with E-state index in [0.717, 1.165) is 25.8 Å². The third kappa shape index (κ3) is 3.57. The normalized spacial score (nSPS) is 44.8. The molecule has 7 heteroatoms. The smallest absolute Gasteiger partial charge is 0.224 e. The Morgan fingerprint density at radius 3 is 2.76 bits per heavy atom. The second-order valence-corrected chi connectivity index (χ2v) is 8.29. The molecule has 4 aliphatic rings. The molecule has 7 nitrogen and oxygen atoms in total. The molecule has 4 N–H and O–H groups in total. The molecule has 2 saturated heterocycles. The maximum atomic E-state index is 12.8. The fourth-order valence-electron chi connectivity index (χ4n) is 5.40. The summed E-state index contributed by atoms with van der Waals surface area (Å²) in [7, 11) is 2.01. The highest BCUT2D eigenvalue weighted by Gasteiger charge is 2.46. The van der Waals surface area contributed by atoms with Gasteiger partial charge in [0.25, 0.3) is 0 Å². The predicted octanol–water partition coefficient (Wildman–Crippen LogP) is 0.898. The summed E-state index contributed by atoms with van der Waals surface area (Å²) in [6.07, 6.45) is 8.35. The van der Waals surface area contributed by atoms with Crippen LogP contribution in [0.15, 0.2) is 0 Å². The summed E-state index contributed by atoms with van der Waals surface area (Å²) in [4.78, 5) is 18.4. The van der Waals surface area contributed by atoms with Crippen LogP contribution in [0.5, 0.6) is 0 Å². The lowest BCUT2D eigenvalue weighted by molar-refractivity contribution is -0.128. The van der Waals surface area contributed by atoms with E-state index < -0.39 is 0 Å². The second-order valence-electron chi connectivity index (χ2n) is 8.29. The van der Waals surface area contributed by atoms with Gasteiger partial charge in [0.2, 0.25) is 5.91 Å². The van der Waals surface area contributed by atoms with Crippen LogP contribution in [0.25, 0.3) is 0 Å². The fraction of sp³-hybridized carbons (Fsp3) is 0.944. The Hall–Kier alpha value is -0.730. The molecule has 25 heavy (non-hydrogen) atoms.